The second-order valence-electron chi connectivity index (χ2n) is 5.13. The predicted molar refractivity (Wildman–Crippen MR) is 83.8 cm³/mol. The Morgan fingerprint density at radius 1 is 1.50 bits per heavy atom. The van der Waals surface area contributed by atoms with E-state index in [9.17, 15) is 4.79 Å². The molecule has 0 bridgehead atoms. The molecule has 1 aliphatic heterocycles. The summed E-state index contributed by atoms with van der Waals surface area (Å²) in [7, 11) is 1.64. The highest BCUT2D eigenvalue weighted by atomic mass is 35.5. The number of hydrogen-bond acceptors (Lipinski definition) is 3. The van der Waals surface area contributed by atoms with Crippen molar-refractivity contribution in [3.8, 4) is 5.75 Å². The predicted octanol–water partition coefficient (Wildman–Crippen LogP) is 2.75. The largest absolute Gasteiger partial charge is 0.497 e. The zero-order chi connectivity index (χ0) is 13.7. The SMILES string of the molecule is COc1ccc(NC(=O)CCC2CCNC2)c(C)c1.Cl. The third-order valence-electron chi connectivity index (χ3n) is 3.65. The number of nitrogens with one attached hydrogen (secondary N) is 2. The van der Waals surface area contributed by atoms with Crippen molar-refractivity contribution in [2.24, 2.45) is 5.92 Å². The first-order valence-electron chi connectivity index (χ1n) is 6.84. The van der Waals surface area contributed by atoms with E-state index in [-0.39, 0.29) is 18.3 Å². The van der Waals surface area contributed by atoms with Gasteiger partial charge in [-0.1, -0.05) is 0 Å². The molecular weight excluding hydrogens is 276 g/mol. The highest BCUT2D eigenvalue weighted by Gasteiger charge is 2.15. The number of methoxy groups -OCH3 is 1. The minimum atomic E-state index is 0. The summed E-state index contributed by atoms with van der Waals surface area (Å²) >= 11 is 0. The summed E-state index contributed by atoms with van der Waals surface area (Å²) in [5.41, 5.74) is 1.89. The molecule has 0 saturated carbocycles. The Morgan fingerprint density at radius 3 is 2.90 bits per heavy atom. The summed E-state index contributed by atoms with van der Waals surface area (Å²) < 4.78 is 5.15. The molecule has 0 aliphatic carbocycles. The summed E-state index contributed by atoms with van der Waals surface area (Å²) in [6.45, 7) is 4.11. The van der Waals surface area contributed by atoms with E-state index in [1.807, 2.05) is 25.1 Å². The number of hydrogen-bond donors (Lipinski definition) is 2. The summed E-state index contributed by atoms with van der Waals surface area (Å²) in [5.74, 6) is 1.57. The van der Waals surface area contributed by atoms with Crippen molar-refractivity contribution in [1.82, 2.24) is 5.32 Å². The van der Waals surface area contributed by atoms with Crippen molar-refractivity contribution >= 4 is 24.0 Å². The topological polar surface area (TPSA) is 50.4 Å². The molecule has 1 amide bonds. The average molecular weight is 299 g/mol. The van der Waals surface area contributed by atoms with Gasteiger partial charge < -0.3 is 15.4 Å². The van der Waals surface area contributed by atoms with Gasteiger partial charge in [-0.25, -0.2) is 0 Å². The van der Waals surface area contributed by atoms with Gasteiger partial charge in [0.15, 0.2) is 0 Å². The van der Waals surface area contributed by atoms with Crippen LogP contribution in [0.25, 0.3) is 0 Å². The number of rotatable bonds is 5. The van der Waals surface area contributed by atoms with Gasteiger partial charge in [-0.2, -0.15) is 0 Å². The number of benzene rings is 1. The van der Waals surface area contributed by atoms with Crippen LogP contribution in [-0.4, -0.2) is 26.1 Å². The molecule has 5 heteroatoms. The summed E-state index contributed by atoms with van der Waals surface area (Å²) in [6, 6.07) is 5.68. The Kier molecular flexibility index (Phi) is 6.82. The van der Waals surface area contributed by atoms with E-state index in [1.165, 1.54) is 6.42 Å². The number of aryl methyl sites for hydroxylation is 1. The Morgan fingerprint density at radius 2 is 2.30 bits per heavy atom. The Labute approximate surface area is 126 Å². The fraction of sp³-hybridized carbons (Fsp3) is 0.533. The lowest BCUT2D eigenvalue weighted by molar-refractivity contribution is -0.116. The maximum atomic E-state index is 11.9. The molecule has 0 spiro atoms. The van der Waals surface area contributed by atoms with E-state index < -0.39 is 0 Å². The van der Waals surface area contributed by atoms with Crippen molar-refractivity contribution in [1.29, 1.82) is 0 Å². The summed E-state index contributed by atoms with van der Waals surface area (Å²) in [6.07, 6.45) is 2.75. The van der Waals surface area contributed by atoms with E-state index >= 15 is 0 Å². The van der Waals surface area contributed by atoms with Gasteiger partial charge in [0.05, 0.1) is 7.11 Å². The van der Waals surface area contributed by atoms with E-state index in [4.69, 9.17) is 4.74 Å². The molecule has 112 valence electrons. The number of carbonyl (C=O) groups is 1. The van der Waals surface area contributed by atoms with Crippen LogP contribution in [0.5, 0.6) is 5.75 Å². The number of carbonyl (C=O) groups excluding carboxylic acids is 1. The molecule has 20 heavy (non-hydrogen) atoms. The molecule has 1 fully saturated rings. The Bertz CT molecular complexity index is 445. The zero-order valence-electron chi connectivity index (χ0n) is 12.1. The molecule has 2 N–H and O–H groups in total. The van der Waals surface area contributed by atoms with Gasteiger partial charge in [0, 0.05) is 12.1 Å². The van der Waals surface area contributed by atoms with Gasteiger partial charge in [0.2, 0.25) is 5.91 Å². The van der Waals surface area contributed by atoms with Crippen molar-refractivity contribution in [2.75, 3.05) is 25.5 Å². The molecule has 0 radical (unpaired) electrons. The number of ether oxygens (including phenoxy) is 1. The third-order valence-corrected chi connectivity index (χ3v) is 3.65. The van der Waals surface area contributed by atoms with E-state index in [2.05, 4.69) is 10.6 Å². The highest BCUT2D eigenvalue weighted by molar-refractivity contribution is 5.91. The Balaban J connectivity index is 0.00000200. The minimum Gasteiger partial charge on any atom is -0.497 e. The van der Waals surface area contributed by atoms with Gasteiger partial charge in [-0.05, 0) is 62.5 Å². The van der Waals surface area contributed by atoms with Gasteiger partial charge in [-0.15, -0.1) is 12.4 Å². The smallest absolute Gasteiger partial charge is 0.224 e. The highest BCUT2D eigenvalue weighted by Crippen LogP contribution is 2.22. The number of anilines is 1. The fourth-order valence-electron chi connectivity index (χ4n) is 2.41. The summed E-state index contributed by atoms with van der Waals surface area (Å²) in [4.78, 5) is 11.9. The Hall–Kier alpha value is -1.26. The van der Waals surface area contributed by atoms with Gasteiger partial charge in [-0.3, -0.25) is 4.79 Å². The second kappa shape index (κ2) is 8.12. The monoisotopic (exact) mass is 298 g/mol. The van der Waals surface area contributed by atoms with Crippen LogP contribution in [0.1, 0.15) is 24.8 Å². The molecule has 4 nitrogen and oxygen atoms in total. The lowest BCUT2D eigenvalue weighted by Gasteiger charge is -2.11. The molecule has 1 heterocycles. The fourth-order valence-corrected chi connectivity index (χ4v) is 2.41. The maximum Gasteiger partial charge on any atom is 0.224 e. The molecule has 0 aromatic heterocycles. The first-order chi connectivity index (χ1) is 9.19. The maximum absolute atomic E-state index is 11.9. The van der Waals surface area contributed by atoms with Crippen molar-refractivity contribution in [3.05, 3.63) is 23.8 Å². The quantitative estimate of drug-likeness (QED) is 0.879. The van der Waals surface area contributed by atoms with Gasteiger partial charge in [0.25, 0.3) is 0 Å². The molecule has 1 atom stereocenters. The standard InChI is InChI=1S/C15H22N2O2.ClH/c1-11-9-13(19-2)4-5-14(11)17-15(18)6-3-12-7-8-16-10-12;/h4-5,9,12,16H,3,6-8,10H2,1-2H3,(H,17,18);1H. The van der Waals surface area contributed by atoms with Crippen molar-refractivity contribution in [2.45, 2.75) is 26.2 Å². The average Bonchev–Trinajstić information content (AvgIpc) is 2.92. The van der Waals surface area contributed by atoms with Crippen molar-refractivity contribution in [3.63, 3.8) is 0 Å². The van der Waals surface area contributed by atoms with Crippen LogP contribution in [0, 0.1) is 12.8 Å². The van der Waals surface area contributed by atoms with Crippen LogP contribution in [0.3, 0.4) is 0 Å². The van der Waals surface area contributed by atoms with Crippen LogP contribution < -0.4 is 15.4 Å². The van der Waals surface area contributed by atoms with Crippen LogP contribution in [-0.2, 0) is 4.79 Å². The van der Waals surface area contributed by atoms with Crippen LogP contribution in [0.2, 0.25) is 0 Å². The molecular formula is C15H23ClN2O2. The lowest BCUT2D eigenvalue weighted by atomic mass is 10.0. The van der Waals surface area contributed by atoms with Crippen LogP contribution >= 0.6 is 12.4 Å². The van der Waals surface area contributed by atoms with E-state index in [0.717, 1.165) is 36.5 Å². The molecule has 1 aromatic rings. The summed E-state index contributed by atoms with van der Waals surface area (Å²) in [5, 5.41) is 6.29. The normalized spacial score (nSPS) is 17.4. The third kappa shape index (κ3) is 4.69. The van der Waals surface area contributed by atoms with E-state index in [1.54, 1.807) is 7.11 Å². The minimum absolute atomic E-state index is 0. The molecule has 1 aliphatic rings. The second-order valence-corrected chi connectivity index (χ2v) is 5.13. The zero-order valence-corrected chi connectivity index (χ0v) is 12.9. The number of halogens is 1. The number of amides is 1. The lowest BCUT2D eigenvalue weighted by Crippen LogP contribution is -2.15. The van der Waals surface area contributed by atoms with Crippen molar-refractivity contribution < 1.29 is 9.53 Å². The van der Waals surface area contributed by atoms with Gasteiger partial charge in [0.1, 0.15) is 5.75 Å². The molecule has 2 rings (SSSR count). The van der Waals surface area contributed by atoms with Crippen LogP contribution in [0.15, 0.2) is 18.2 Å². The molecule has 1 aromatic carbocycles. The first-order valence-corrected chi connectivity index (χ1v) is 6.84. The van der Waals surface area contributed by atoms with Crippen LogP contribution in [0.4, 0.5) is 5.69 Å². The van der Waals surface area contributed by atoms with E-state index in [0.29, 0.717) is 12.3 Å². The molecule has 1 unspecified atom stereocenters. The van der Waals surface area contributed by atoms with Gasteiger partial charge >= 0.3 is 0 Å². The first kappa shape index (κ1) is 16.8. The molecule has 1 saturated heterocycles.